The maximum Gasteiger partial charge on any atom is 0.146 e. The van der Waals surface area contributed by atoms with Gasteiger partial charge in [-0.25, -0.2) is 4.39 Å². The van der Waals surface area contributed by atoms with Crippen molar-refractivity contribution in [2.24, 2.45) is 0 Å². The third-order valence-corrected chi connectivity index (χ3v) is 2.90. The van der Waals surface area contributed by atoms with E-state index >= 15 is 0 Å². The van der Waals surface area contributed by atoms with Gasteiger partial charge in [0.2, 0.25) is 0 Å². The normalized spacial score (nSPS) is 9.71. The summed E-state index contributed by atoms with van der Waals surface area (Å²) in [6, 6.07) is 13.6. The van der Waals surface area contributed by atoms with Gasteiger partial charge in [-0.1, -0.05) is 12.1 Å². The molecular weight excluding hydrogens is 283 g/mol. The maximum atomic E-state index is 13.4. The zero-order chi connectivity index (χ0) is 12.3. The standard InChI is InChI=1S/C13H8BrFN2/c14-10-7-9(8-16)5-6-12(10)17-13-4-2-1-3-11(13)15/h1-7,17H. The molecule has 2 aromatic carbocycles. The Morgan fingerprint density at radius 2 is 1.88 bits per heavy atom. The fraction of sp³-hybridized carbons (Fsp3) is 0. The average Bonchev–Trinajstić information content (AvgIpc) is 2.34. The lowest BCUT2D eigenvalue weighted by molar-refractivity contribution is 0.632. The minimum absolute atomic E-state index is 0.316. The molecule has 0 radical (unpaired) electrons. The van der Waals surface area contributed by atoms with Gasteiger partial charge in [-0.2, -0.15) is 5.26 Å². The molecule has 0 aromatic heterocycles. The first-order chi connectivity index (χ1) is 8.20. The Balaban J connectivity index is 2.32. The number of halogens is 2. The quantitative estimate of drug-likeness (QED) is 0.900. The summed E-state index contributed by atoms with van der Waals surface area (Å²) in [5, 5.41) is 11.7. The molecule has 2 rings (SSSR count). The van der Waals surface area contributed by atoms with Crippen molar-refractivity contribution < 1.29 is 4.39 Å². The molecule has 0 aliphatic carbocycles. The number of rotatable bonds is 2. The van der Waals surface area contributed by atoms with E-state index in [0.717, 1.165) is 4.47 Å². The van der Waals surface area contributed by atoms with Crippen molar-refractivity contribution in [3.8, 4) is 6.07 Å². The van der Waals surface area contributed by atoms with Crippen LogP contribution in [0.15, 0.2) is 46.9 Å². The molecule has 4 heteroatoms. The van der Waals surface area contributed by atoms with Crippen molar-refractivity contribution in [2.75, 3.05) is 5.32 Å². The molecule has 0 saturated heterocycles. The van der Waals surface area contributed by atoms with Gasteiger partial charge in [-0.15, -0.1) is 0 Å². The topological polar surface area (TPSA) is 35.8 Å². The van der Waals surface area contributed by atoms with Gasteiger partial charge < -0.3 is 5.32 Å². The Morgan fingerprint density at radius 3 is 2.53 bits per heavy atom. The predicted octanol–water partition coefficient (Wildman–Crippen LogP) is 4.20. The first-order valence-corrected chi connectivity index (χ1v) is 5.71. The third-order valence-electron chi connectivity index (χ3n) is 2.24. The molecular formula is C13H8BrFN2. The van der Waals surface area contributed by atoms with Gasteiger partial charge in [0.15, 0.2) is 0 Å². The van der Waals surface area contributed by atoms with Crippen LogP contribution in [0.2, 0.25) is 0 Å². The highest BCUT2D eigenvalue weighted by atomic mass is 79.9. The maximum absolute atomic E-state index is 13.4. The van der Waals surface area contributed by atoms with Crippen molar-refractivity contribution in [2.45, 2.75) is 0 Å². The number of hydrogen-bond acceptors (Lipinski definition) is 2. The van der Waals surface area contributed by atoms with Crippen molar-refractivity contribution in [1.82, 2.24) is 0 Å². The second-order valence-electron chi connectivity index (χ2n) is 3.41. The molecule has 0 saturated carbocycles. The molecule has 1 N–H and O–H groups in total. The Kier molecular flexibility index (Phi) is 3.40. The van der Waals surface area contributed by atoms with Gasteiger partial charge >= 0.3 is 0 Å². The van der Waals surface area contributed by atoms with E-state index in [-0.39, 0.29) is 5.82 Å². The van der Waals surface area contributed by atoms with Crippen LogP contribution >= 0.6 is 15.9 Å². The molecule has 17 heavy (non-hydrogen) atoms. The number of hydrogen-bond donors (Lipinski definition) is 1. The molecule has 0 fully saturated rings. The van der Waals surface area contributed by atoms with E-state index < -0.39 is 0 Å². The molecule has 0 aliphatic rings. The van der Waals surface area contributed by atoms with Gasteiger partial charge in [-0.05, 0) is 46.3 Å². The summed E-state index contributed by atoms with van der Waals surface area (Å²) >= 11 is 3.33. The van der Waals surface area contributed by atoms with E-state index in [0.29, 0.717) is 16.9 Å². The summed E-state index contributed by atoms with van der Waals surface area (Å²) in [5.41, 5.74) is 1.67. The van der Waals surface area contributed by atoms with Gasteiger partial charge in [0.05, 0.1) is 23.0 Å². The van der Waals surface area contributed by atoms with Crippen LogP contribution in [0.25, 0.3) is 0 Å². The minimum Gasteiger partial charge on any atom is -0.352 e. The second kappa shape index (κ2) is 4.98. The van der Waals surface area contributed by atoms with E-state index in [4.69, 9.17) is 5.26 Å². The summed E-state index contributed by atoms with van der Waals surface area (Å²) in [6.45, 7) is 0. The number of nitriles is 1. The first-order valence-electron chi connectivity index (χ1n) is 4.92. The van der Waals surface area contributed by atoms with Crippen LogP contribution < -0.4 is 5.32 Å². The average molecular weight is 291 g/mol. The molecule has 2 nitrogen and oxygen atoms in total. The smallest absolute Gasteiger partial charge is 0.146 e. The van der Waals surface area contributed by atoms with Gasteiger partial charge in [0, 0.05) is 4.47 Å². The van der Waals surface area contributed by atoms with Crippen molar-refractivity contribution in [3.05, 3.63) is 58.3 Å². The summed E-state index contributed by atoms with van der Waals surface area (Å²) in [5.74, 6) is -0.316. The second-order valence-corrected chi connectivity index (χ2v) is 4.27. The highest BCUT2D eigenvalue weighted by Crippen LogP contribution is 2.27. The number of benzene rings is 2. The molecule has 0 aliphatic heterocycles. The fourth-order valence-corrected chi connectivity index (χ4v) is 1.87. The Morgan fingerprint density at radius 1 is 1.12 bits per heavy atom. The van der Waals surface area contributed by atoms with Crippen LogP contribution in [-0.4, -0.2) is 0 Å². The summed E-state index contributed by atoms with van der Waals surface area (Å²) in [4.78, 5) is 0. The van der Waals surface area contributed by atoms with E-state index in [1.54, 1.807) is 36.4 Å². The summed E-state index contributed by atoms with van der Waals surface area (Å²) in [7, 11) is 0. The number of nitrogens with one attached hydrogen (secondary N) is 1. The highest BCUT2D eigenvalue weighted by Gasteiger charge is 2.04. The number of nitrogens with zero attached hydrogens (tertiary/aromatic N) is 1. The van der Waals surface area contributed by atoms with Gasteiger partial charge in [0.1, 0.15) is 5.82 Å². The van der Waals surface area contributed by atoms with Crippen molar-refractivity contribution in [1.29, 1.82) is 5.26 Å². The molecule has 84 valence electrons. The largest absolute Gasteiger partial charge is 0.352 e. The first kappa shape index (κ1) is 11.6. The number of anilines is 2. The number of para-hydroxylation sites is 1. The zero-order valence-electron chi connectivity index (χ0n) is 8.74. The molecule has 2 aromatic rings. The van der Waals surface area contributed by atoms with E-state index in [9.17, 15) is 4.39 Å². The Bertz CT molecular complexity index is 590. The monoisotopic (exact) mass is 290 g/mol. The van der Waals surface area contributed by atoms with E-state index in [2.05, 4.69) is 21.2 Å². The lowest BCUT2D eigenvalue weighted by Gasteiger charge is -2.09. The van der Waals surface area contributed by atoms with Crippen LogP contribution in [-0.2, 0) is 0 Å². The van der Waals surface area contributed by atoms with Crippen LogP contribution in [0.3, 0.4) is 0 Å². The lowest BCUT2D eigenvalue weighted by atomic mass is 10.2. The van der Waals surface area contributed by atoms with Crippen molar-refractivity contribution in [3.63, 3.8) is 0 Å². The molecule has 0 bridgehead atoms. The molecule has 0 spiro atoms. The zero-order valence-corrected chi connectivity index (χ0v) is 10.3. The fourth-order valence-electron chi connectivity index (χ4n) is 1.39. The minimum atomic E-state index is -0.316. The third kappa shape index (κ3) is 2.63. The van der Waals surface area contributed by atoms with E-state index in [1.165, 1.54) is 6.07 Å². The summed E-state index contributed by atoms with van der Waals surface area (Å²) < 4.78 is 14.1. The van der Waals surface area contributed by atoms with Gasteiger partial charge in [0.25, 0.3) is 0 Å². The van der Waals surface area contributed by atoms with Gasteiger partial charge in [-0.3, -0.25) is 0 Å². The van der Waals surface area contributed by atoms with Crippen LogP contribution in [0.4, 0.5) is 15.8 Å². The highest BCUT2D eigenvalue weighted by molar-refractivity contribution is 9.10. The Labute approximate surface area is 107 Å². The summed E-state index contributed by atoms with van der Waals surface area (Å²) in [6.07, 6.45) is 0. The lowest BCUT2D eigenvalue weighted by Crippen LogP contribution is -1.94. The SMILES string of the molecule is N#Cc1ccc(Nc2ccccc2F)c(Br)c1. The molecule has 0 amide bonds. The Hall–Kier alpha value is -1.86. The van der Waals surface area contributed by atoms with Crippen LogP contribution in [0.5, 0.6) is 0 Å². The predicted molar refractivity (Wildman–Crippen MR) is 68.5 cm³/mol. The van der Waals surface area contributed by atoms with E-state index in [1.807, 2.05) is 6.07 Å². The molecule has 0 heterocycles. The molecule has 0 unspecified atom stereocenters. The molecule has 0 atom stereocenters. The van der Waals surface area contributed by atoms with Crippen molar-refractivity contribution >= 4 is 27.3 Å². The van der Waals surface area contributed by atoms with Crippen LogP contribution in [0.1, 0.15) is 5.56 Å². The van der Waals surface area contributed by atoms with Crippen LogP contribution in [0, 0.1) is 17.1 Å².